The van der Waals surface area contributed by atoms with Gasteiger partial charge in [0, 0.05) is 25.2 Å². The lowest BCUT2D eigenvalue weighted by Crippen LogP contribution is -2.46. The first-order valence-electron chi connectivity index (χ1n) is 8.96. The minimum atomic E-state index is -0.414. The van der Waals surface area contributed by atoms with E-state index < -0.39 is 5.60 Å². The van der Waals surface area contributed by atoms with E-state index in [-0.39, 0.29) is 6.09 Å². The molecule has 0 aromatic rings. The predicted octanol–water partition coefficient (Wildman–Crippen LogP) is 3.94. The summed E-state index contributed by atoms with van der Waals surface area (Å²) in [5, 5.41) is 3.78. The molecule has 0 aromatic heterocycles. The van der Waals surface area contributed by atoms with Gasteiger partial charge in [0.05, 0.1) is 0 Å². The number of ether oxygens (including phenoxy) is 1. The Bertz CT molecular complexity index is 366. The fourth-order valence-corrected chi connectivity index (χ4v) is 3.44. The molecule has 128 valence electrons. The first kappa shape index (κ1) is 17.6. The average molecular weight is 310 g/mol. The minimum absolute atomic E-state index is 0.189. The summed E-state index contributed by atoms with van der Waals surface area (Å²) in [5.74, 6) is 0.983. The number of hydrogen-bond acceptors (Lipinski definition) is 3. The molecule has 2 rings (SSSR count). The lowest BCUT2D eigenvalue weighted by Gasteiger charge is -2.36. The van der Waals surface area contributed by atoms with Crippen molar-refractivity contribution in [2.45, 2.75) is 96.4 Å². The van der Waals surface area contributed by atoms with Crippen molar-refractivity contribution in [1.82, 2.24) is 10.2 Å². The third-order valence-corrected chi connectivity index (χ3v) is 4.83. The van der Waals surface area contributed by atoms with E-state index in [1.807, 2.05) is 27.8 Å². The molecule has 1 N–H and O–H groups in total. The van der Waals surface area contributed by atoms with E-state index in [2.05, 4.69) is 12.2 Å². The van der Waals surface area contributed by atoms with Crippen molar-refractivity contribution in [1.29, 1.82) is 0 Å². The molecule has 0 aromatic carbocycles. The molecular weight excluding hydrogens is 276 g/mol. The molecule has 2 fully saturated rings. The maximum Gasteiger partial charge on any atom is 0.410 e. The topological polar surface area (TPSA) is 41.6 Å². The Morgan fingerprint density at radius 1 is 1.18 bits per heavy atom. The van der Waals surface area contributed by atoms with Crippen LogP contribution in [0.4, 0.5) is 4.79 Å². The van der Waals surface area contributed by atoms with Crippen LogP contribution in [-0.2, 0) is 4.74 Å². The fraction of sp³-hybridized carbons (Fsp3) is 0.944. The molecule has 0 bridgehead atoms. The number of carbonyl (C=O) groups is 1. The predicted molar refractivity (Wildman–Crippen MR) is 90.0 cm³/mol. The van der Waals surface area contributed by atoms with Gasteiger partial charge in [-0.1, -0.05) is 12.8 Å². The average Bonchev–Trinajstić information content (AvgIpc) is 3.20. The quantitative estimate of drug-likeness (QED) is 0.836. The third-order valence-electron chi connectivity index (χ3n) is 4.83. The van der Waals surface area contributed by atoms with Crippen molar-refractivity contribution >= 4 is 6.09 Å². The summed E-state index contributed by atoms with van der Waals surface area (Å²) in [5.41, 5.74) is -0.414. The molecule has 0 radical (unpaired) electrons. The van der Waals surface area contributed by atoms with Gasteiger partial charge < -0.3 is 15.0 Å². The second-order valence-electron chi connectivity index (χ2n) is 8.34. The maximum atomic E-state index is 12.1. The first-order valence-corrected chi connectivity index (χ1v) is 8.96. The monoisotopic (exact) mass is 310 g/mol. The van der Waals surface area contributed by atoms with Gasteiger partial charge in [-0.05, 0) is 65.7 Å². The van der Waals surface area contributed by atoms with Crippen molar-refractivity contribution in [2.75, 3.05) is 7.05 Å². The van der Waals surface area contributed by atoms with Crippen LogP contribution in [0, 0.1) is 5.92 Å². The van der Waals surface area contributed by atoms with Gasteiger partial charge in [0.1, 0.15) is 5.60 Å². The van der Waals surface area contributed by atoms with Gasteiger partial charge in [0.2, 0.25) is 0 Å². The SMILES string of the molecule is CC(CC1CC1)NC1CCC(N(C)C(=O)OC(C)(C)C)CC1. The van der Waals surface area contributed by atoms with Crippen LogP contribution in [0.2, 0.25) is 0 Å². The second-order valence-corrected chi connectivity index (χ2v) is 8.34. The van der Waals surface area contributed by atoms with Crippen molar-refractivity contribution < 1.29 is 9.53 Å². The van der Waals surface area contributed by atoms with E-state index in [0.717, 1.165) is 31.6 Å². The van der Waals surface area contributed by atoms with E-state index in [9.17, 15) is 4.79 Å². The van der Waals surface area contributed by atoms with Crippen LogP contribution < -0.4 is 5.32 Å². The van der Waals surface area contributed by atoms with E-state index in [1.165, 1.54) is 19.3 Å². The summed E-state index contributed by atoms with van der Waals surface area (Å²) in [6, 6.07) is 1.58. The third kappa shape index (κ3) is 5.79. The number of hydrogen-bond donors (Lipinski definition) is 1. The number of amides is 1. The lowest BCUT2D eigenvalue weighted by atomic mass is 9.90. The summed E-state index contributed by atoms with van der Waals surface area (Å²) in [4.78, 5) is 13.9. The van der Waals surface area contributed by atoms with E-state index >= 15 is 0 Å². The molecule has 0 spiro atoms. The highest BCUT2D eigenvalue weighted by Gasteiger charge is 2.30. The smallest absolute Gasteiger partial charge is 0.410 e. The fourth-order valence-electron chi connectivity index (χ4n) is 3.44. The Morgan fingerprint density at radius 3 is 2.27 bits per heavy atom. The minimum Gasteiger partial charge on any atom is -0.444 e. The van der Waals surface area contributed by atoms with Crippen molar-refractivity contribution in [3.8, 4) is 0 Å². The molecule has 1 amide bonds. The zero-order chi connectivity index (χ0) is 16.3. The molecule has 2 aliphatic rings. The van der Waals surface area contributed by atoms with Gasteiger partial charge in [-0.3, -0.25) is 0 Å². The maximum absolute atomic E-state index is 12.1. The molecular formula is C18H34N2O2. The molecule has 2 saturated carbocycles. The standard InChI is InChI=1S/C18H34N2O2/c1-13(12-14-6-7-14)19-15-8-10-16(11-9-15)20(5)17(21)22-18(2,3)4/h13-16,19H,6-12H2,1-5H3. The highest BCUT2D eigenvalue weighted by Crippen LogP contribution is 2.34. The van der Waals surface area contributed by atoms with E-state index in [1.54, 1.807) is 4.90 Å². The summed E-state index contributed by atoms with van der Waals surface area (Å²) in [7, 11) is 1.88. The molecule has 0 aliphatic heterocycles. The highest BCUT2D eigenvalue weighted by atomic mass is 16.6. The molecule has 0 heterocycles. The zero-order valence-electron chi connectivity index (χ0n) is 15.0. The zero-order valence-corrected chi connectivity index (χ0v) is 15.0. The van der Waals surface area contributed by atoms with E-state index in [0.29, 0.717) is 18.1 Å². The molecule has 4 nitrogen and oxygen atoms in total. The van der Waals surface area contributed by atoms with Crippen LogP contribution in [0.25, 0.3) is 0 Å². The Balaban J connectivity index is 1.70. The number of rotatable bonds is 5. The Kier molecular flexibility index (Phi) is 5.76. The van der Waals surface area contributed by atoms with Crippen molar-refractivity contribution in [3.05, 3.63) is 0 Å². The van der Waals surface area contributed by atoms with Gasteiger partial charge in [0.25, 0.3) is 0 Å². The Labute approximate surface area is 136 Å². The van der Waals surface area contributed by atoms with Crippen molar-refractivity contribution in [3.63, 3.8) is 0 Å². The van der Waals surface area contributed by atoms with Crippen LogP contribution >= 0.6 is 0 Å². The highest BCUT2D eigenvalue weighted by molar-refractivity contribution is 5.68. The van der Waals surface area contributed by atoms with Gasteiger partial charge >= 0.3 is 6.09 Å². The summed E-state index contributed by atoms with van der Waals surface area (Å²) in [6.07, 6.45) is 8.47. The molecule has 1 unspecified atom stereocenters. The van der Waals surface area contributed by atoms with Gasteiger partial charge in [-0.2, -0.15) is 0 Å². The summed E-state index contributed by atoms with van der Waals surface area (Å²) >= 11 is 0. The largest absolute Gasteiger partial charge is 0.444 e. The molecule has 4 heteroatoms. The number of nitrogens with one attached hydrogen (secondary N) is 1. The van der Waals surface area contributed by atoms with Crippen LogP contribution in [0.1, 0.15) is 72.6 Å². The second kappa shape index (κ2) is 7.20. The van der Waals surface area contributed by atoms with Crippen LogP contribution in [-0.4, -0.2) is 41.8 Å². The lowest BCUT2D eigenvalue weighted by molar-refractivity contribution is 0.0178. The Hall–Kier alpha value is -0.770. The van der Waals surface area contributed by atoms with Crippen LogP contribution in [0.5, 0.6) is 0 Å². The number of carbonyl (C=O) groups excluding carboxylic acids is 1. The molecule has 1 atom stereocenters. The van der Waals surface area contributed by atoms with Crippen LogP contribution in [0.3, 0.4) is 0 Å². The number of nitrogens with zero attached hydrogens (tertiary/aromatic N) is 1. The van der Waals surface area contributed by atoms with Gasteiger partial charge in [-0.25, -0.2) is 4.79 Å². The van der Waals surface area contributed by atoms with Crippen molar-refractivity contribution in [2.24, 2.45) is 5.92 Å². The molecule has 22 heavy (non-hydrogen) atoms. The summed E-state index contributed by atoms with van der Waals surface area (Å²) < 4.78 is 5.47. The molecule has 0 saturated heterocycles. The first-order chi connectivity index (χ1) is 10.2. The van der Waals surface area contributed by atoms with Gasteiger partial charge in [-0.15, -0.1) is 0 Å². The Morgan fingerprint density at radius 2 is 1.77 bits per heavy atom. The van der Waals surface area contributed by atoms with Crippen LogP contribution in [0.15, 0.2) is 0 Å². The van der Waals surface area contributed by atoms with E-state index in [4.69, 9.17) is 4.74 Å². The van der Waals surface area contributed by atoms with Gasteiger partial charge in [0.15, 0.2) is 0 Å². The summed E-state index contributed by atoms with van der Waals surface area (Å²) in [6.45, 7) is 8.07. The molecule has 2 aliphatic carbocycles. The normalized spacial score (nSPS) is 27.3.